The van der Waals surface area contributed by atoms with E-state index < -0.39 is 28.4 Å². The van der Waals surface area contributed by atoms with Crippen LogP contribution >= 0.6 is 11.8 Å². The van der Waals surface area contributed by atoms with Gasteiger partial charge in [0.25, 0.3) is 0 Å². The molecule has 2 aromatic rings. The van der Waals surface area contributed by atoms with Crippen molar-refractivity contribution in [3.05, 3.63) is 81.8 Å². The first kappa shape index (κ1) is 17.2. The van der Waals surface area contributed by atoms with E-state index in [1.165, 1.54) is 12.1 Å². The number of benzene rings is 2. The van der Waals surface area contributed by atoms with Gasteiger partial charge in [-0.1, -0.05) is 24.3 Å². The van der Waals surface area contributed by atoms with Crippen molar-refractivity contribution in [3.63, 3.8) is 0 Å². The summed E-state index contributed by atoms with van der Waals surface area (Å²) in [7, 11) is 0. The summed E-state index contributed by atoms with van der Waals surface area (Å²) in [5.74, 6) is -0.849. The number of allylic oxidation sites excluding steroid dienone is 2. The Balaban J connectivity index is 1.82. The number of hydrogen-bond donors (Lipinski definition) is 0. The van der Waals surface area contributed by atoms with E-state index in [4.69, 9.17) is 0 Å². The molecule has 7 heteroatoms. The van der Waals surface area contributed by atoms with Crippen LogP contribution in [-0.2, 0) is 6.18 Å². The van der Waals surface area contributed by atoms with Crippen LogP contribution in [0.25, 0.3) is 0 Å². The van der Waals surface area contributed by atoms with Crippen LogP contribution < -0.4 is 0 Å². The van der Waals surface area contributed by atoms with Crippen molar-refractivity contribution < 1.29 is 27.6 Å². The van der Waals surface area contributed by atoms with E-state index in [1.54, 1.807) is 12.1 Å². The van der Waals surface area contributed by atoms with Crippen LogP contribution in [0.2, 0.25) is 0 Å². The van der Waals surface area contributed by atoms with Crippen LogP contribution in [0.5, 0.6) is 0 Å². The molecule has 0 unspecified atom stereocenters. The number of halogens is 3. The van der Waals surface area contributed by atoms with Gasteiger partial charge in [-0.3, -0.25) is 14.4 Å². The molecule has 0 aliphatic heterocycles. The highest BCUT2D eigenvalue weighted by Crippen LogP contribution is 2.32. The Labute approximate surface area is 144 Å². The number of rotatable bonds is 2. The highest BCUT2D eigenvalue weighted by Gasteiger charge is 2.31. The zero-order valence-electron chi connectivity index (χ0n) is 12.5. The Kier molecular flexibility index (Phi) is 4.34. The van der Waals surface area contributed by atoms with E-state index in [1.807, 2.05) is 0 Å². The molecule has 0 heterocycles. The SMILES string of the molecule is O=C(SC1=CC(=O)c2ccccc2C1=O)c1ccc(C(F)(F)F)cc1. The lowest BCUT2D eigenvalue weighted by atomic mass is 9.95. The van der Waals surface area contributed by atoms with Gasteiger partial charge in [-0.2, -0.15) is 13.2 Å². The van der Waals surface area contributed by atoms with E-state index in [2.05, 4.69) is 0 Å². The molecule has 0 fully saturated rings. The maximum absolute atomic E-state index is 12.5. The molecule has 3 nitrogen and oxygen atoms in total. The molecule has 25 heavy (non-hydrogen) atoms. The van der Waals surface area contributed by atoms with Gasteiger partial charge < -0.3 is 0 Å². The summed E-state index contributed by atoms with van der Waals surface area (Å²) in [6.07, 6.45) is -3.41. The molecule has 126 valence electrons. The molecule has 0 amide bonds. The topological polar surface area (TPSA) is 51.2 Å². The van der Waals surface area contributed by atoms with Crippen LogP contribution in [0.4, 0.5) is 13.2 Å². The van der Waals surface area contributed by atoms with Gasteiger partial charge in [-0.05, 0) is 36.0 Å². The Morgan fingerprint density at radius 3 is 2.08 bits per heavy atom. The first-order chi connectivity index (χ1) is 11.8. The van der Waals surface area contributed by atoms with Gasteiger partial charge >= 0.3 is 6.18 Å². The molecule has 1 aliphatic carbocycles. The minimum atomic E-state index is -4.49. The lowest BCUT2D eigenvalue weighted by Gasteiger charge is -2.14. The van der Waals surface area contributed by atoms with Crippen LogP contribution in [0.3, 0.4) is 0 Å². The molecule has 0 spiro atoms. The van der Waals surface area contributed by atoms with Crippen molar-refractivity contribution in [1.82, 2.24) is 0 Å². The van der Waals surface area contributed by atoms with E-state index in [9.17, 15) is 27.6 Å². The standard InChI is InChI=1S/C18H9F3O3S/c19-18(20,21)11-7-5-10(6-8-11)17(24)25-15-9-14(22)12-3-1-2-4-13(12)16(15)23/h1-9H. The van der Waals surface area contributed by atoms with Crippen molar-refractivity contribution >= 4 is 28.4 Å². The monoisotopic (exact) mass is 362 g/mol. The van der Waals surface area contributed by atoms with Crippen LogP contribution in [0.1, 0.15) is 36.6 Å². The molecule has 3 rings (SSSR count). The summed E-state index contributed by atoms with van der Waals surface area (Å²) >= 11 is 0.533. The highest BCUT2D eigenvalue weighted by atomic mass is 32.2. The zero-order chi connectivity index (χ0) is 18.2. The molecule has 0 aromatic heterocycles. The fourth-order valence-corrected chi connectivity index (χ4v) is 3.14. The minimum absolute atomic E-state index is 0.0120. The Hall–Kier alpha value is -2.67. The number of ketones is 2. The van der Waals surface area contributed by atoms with Crippen molar-refractivity contribution in [2.45, 2.75) is 6.18 Å². The van der Waals surface area contributed by atoms with Gasteiger partial charge in [-0.25, -0.2) is 0 Å². The number of thioether (sulfide) groups is 1. The van der Waals surface area contributed by atoms with Gasteiger partial charge in [-0.15, -0.1) is 0 Å². The van der Waals surface area contributed by atoms with Crippen LogP contribution in [-0.4, -0.2) is 16.7 Å². The second kappa shape index (κ2) is 6.33. The van der Waals surface area contributed by atoms with Crippen molar-refractivity contribution in [2.24, 2.45) is 0 Å². The maximum atomic E-state index is 12.5. The number of fused-ring (bicyclic) bond motifs is 1. The largest absolute Gasteiger partial charge is 0.416 e. The van der Waals surface area contributed by atoms with Gasteiger partial charge in [0.1, 0.15) is 0 Å². The van der Waals surface area contributed by atoms with Crippen LogP contribution in [0.15, 0.2) is 59.5 Å². The Morgan fingerprint density at radius 1 is 0.880 bits per heavy atom. The number of Topliss-reactive ketones (excluding diaryl/α,β-unsaturated/α-hetero) is 1. The second-order valence-corrected chi connectivity index (χ2v) is 6.23. The number of hydrogen-bond acceptors (Lipinski definition) is 4. The van der Waals surface area contributed by atoms with E-state index in [0.29, 0.717) is 11.8 Å². The molecule has 0 bridgehead atoms. The summed E-state index contributed by atoms with van der Waals surface area (Å²) < 4.78 is 37.6. The first-order valence-corrected chi connectivity index (χ1v) is 7.88. The minimum Gasteiger partial charge on any atom is -0.289 e. The second-order valence-electron chi connectivity index (χ2n) is 5.21. The average molecular weight is 362 g/mol. The smallest absolute Gasteiger partial charge is 0.289 e. The Morgan fingerprint density at radius 2 is 1.48 bits per heavy atom. The molecule has 0 atom stereocenters. The Bertz CT molecular complexity index is 912. The fraction of sp³-hybridized carbons (Fsp3) is 0.0556. The molecule has 0 saturated carbocycles. The lowest BCUT2D eigenvalue weighted by molar-refractivity contribution is -0.137. The zero-order valence-corrected chi connectivity index (χ0v) is 13.3. The molecular formula is C18H9F3O3S. The van der Waals surface area contributed by atoms with Gasteiger partial charge in [0.15, 0.2) is 5.78 Å². The van der Waals surface area contributed by atoms with Gasteiger partial charge in [0.05, 0.1) is 10.5 Å². The summed E-state index contributed by atoms with van der Waals surface area (Å²) in [6.45, 7) is 0. The van der Waals surface area contributed by atoms with E-state index in [-0.39, 0.29) is 21.6 Å². The summed E-state index contributed by atoms with van der Waals surface area (Å²) in [6, 6.07) is 9.93. The molecule has 2 aromatic carbocycles. The maximum Gasteiger partial charge on any atom is 0.416 e. The average Bonchev–Trinajstić information content (AvgIpc) is 2.59. The lowest BCUT2D eigenvalue weighted by Crippen LogP contribution is -2.16. The number of alkyl halides is 3. The summed E-state index contributed by atoms with van der Waals surface area (Å²) in [5.41, 5.74) is -0.388. The molecule has 0 N–H and O–H groups in total. The van der Waals surface area contributed by atoms with Gasteiger partial charge in [0, 0.05) is 22.8 Å². The predicted octanol–water partition coefficient (Wildman–Crippen LogP) is 4.54. The third-order valence-electron chi connectivity index (χ3n) is 3.57. The van der Waals surface area contributed by atoms with Crippen molar-refractivity contribution in [2.75, 3.05) is 0 Å². The molecular weight excluding hydrogens is 353 g/mol. The predicted molar refractivity (Wildman–Crippen MR) is 86.6 cm³/mol. The first-order valence-electron chi connectivity index (χ1n) is 7.06. The summed E-state index contributed by atoms with van der Waals surface area (Å²) in [4.78, 5) is 36.6. The molecule has 0 saturated heterocycles. The van der Waals surface area contributed by atoms with Gasteiger partial charge in [0.2, 0.25) is 10.9 Å². The van der Waals surface area contributed by atoms with Crippen molar-refractivity contribution in [3.8, 4) is 0 Å². The normalized spacial score (nSPS) is 14.1. The molecule has 0 radical (unpaired) electrons. The quantitative estimate of drug-likeness (QED) is 0.787. The van der Waals surface area contributed by atoms with Crippen LogP contribution in [0, 0.1) is 0 Å². The number of carbonyl (C=O) groups is 3. The third kappa shape index (κ3) is 3.41. The number of carbonyl (C=O) groups excluding carboxylic acids is 3. The van der Waals surface area contributed by atoms with E-state index >= 15 is 0 Å². The van der Waals surface area contributed by atoms with E-state index in [0.717, 1.165) is 30.3 Å². The highest BCUT2D eigenvalue weighted by molar-refractivity contribution is 8.18. The molecule has 1 aliphatic rings. The van der Waals surface area contributed by atoms with Crippen molar-refractivity contribution in [1.29, 1.82) is 0 Å². The third-order valence-corrected chi connectivity index (χ3v) is 4.52. The summed E-state index contributed by atoms with van der Waals surface area (Å²) in [5, 5.41) is -0.611. The fourth-order valence-electron chi connectivity index (χ4n) is 2.32.